The van der Waals surface area contributed by atoms with Crippen molar-refractivity contribution in [3.8, 4) is 0 Å². The lowest BCUT2D eigenvalue weighted by Gasteiger charge is -2.57. The number of hydrogen-bond acceptors (Lipinski definition) is 4. The second kappa shape index (κ2) is 8.41. The minimum atomic E-state index is -0.957. The second-order valence-electron chi connectivity index (χ2n) is 11.1. The molecular formula is C28H35NO4. The Hall–Kier alpha value is -2.43. The standard InChI is InChI=1S/C28H35NO4/c1-27-13-11-20(33-26(32)10-9-25(30)31)16-19(27)5-6-21-23-8-7-22(18-4-3-15-29-17-18)28(23,2)14-12-24(21)27/h3-5,7,15,17,20-21,23-24H,6,8-14,16H2,1-2H3,(H,30,31)/t20-,21?,23-,24?,27-,28+/m0/s1. The van der Waals surface area contributed by atoms with Crippen molar-refractivity contribution in [2.75, 3.05) is 0 Å². The summed E-state index contributed by atoms with van der Waals surface area (Å²) in [5.41, 5.74) is 4.65. The molecule has 1 aromatic rings. The van der Waals surface area contributed by atoms with Crippen molar-refractivity contribution in [1.29, 1.82) is 0 Å². The Labute approximate surface area is 196 Å². The fraction of sp³-hybridized carbons (Fsp3) is 0.607. The van der Waals surface area contributed by atoms with Crippen LogP contribution in [0.3, 0.4) is 0 Å². The van der Waals surface area contributed by atoms with E-state index < -0.39 is 5.97 Å². The smallest absolute Gasteiger partial charge is 0.306 e. The first-order chi connectivity index (χ1) is 15.8. The summed E-state index contributed by atoms with van der Waals surface area (Å²) in [5, 5.41) is 8.81. The van der Waals surface area contributed by atoms with Crippen molar-refractivity contribution in [2.24, 2.45) is 28.6 Å². The quantitative estimate of drug-likeness (QED) is 0.453. The van der Waals surface area contributed by atoms with E-state index in [1.807, 2.05) is 18.5 Å². The molecule has 2 fully saturated rings. The maximum absolute atomic E-state index is 12.1. The summed E-state index contributed by atoms with van der Waals surface area (Å²) >= 11 is 0. The maximum Gasteiger partial charge on any atom is 0.306 e. The topological polar surface area (TPSA) is 76.5 Å². The lowest BCUT2D eigenvalue weighted by atomic mass is 9.47. The number of aliphatic carboxylic acids is 1. The van der Waals surface area contributed by atoms with Gasteiger partial charge in [-0.3, -0.25) is 14.6 Å². The predicted octanol–water partition coefficient (Wildman–Crippen LogP) is 5.81. The fourth-order valence-electron chi connectivity index (χ4n) is 7.72. The number of nitrogens with zero attached hydrogens (tertiary/aromatic N) is 1. The first-order valence-corrected chi connectivity index (χ1v) is 12.5. The third-order valence-corrected chi connectivity index (χ3v) is 9.45. The second-order valence-corrected chi connectivity index (χ2v) is 11.1. The van der Waals surface area contributed by atoms with Crippen LogP contribution in [0, 0.1) is 28.6 Å². The number of hydrogen-bond donors (Lipinski definition) is 1. The van der Waals surface area contributed by atoms with Gasteiger partial charge in [-0.2, -0.15) is 0 Å². The summed E-state index contributed by atoms with van der Waals surface area (Å²) in [6, 6.07) is 4.25. The van der Waals surface area contributed by atoms with Crippen LogP contribution in [0.2, 0.25) is 0 Å². The van der Waals surface area contributed by atoms with Crippen LogP contribution in [0.15, 0.2) is 42.3 Å². The lowest BCUT2D eigenvalue weighted by Crippen LogP contribution is -2.50. The van der Waals surface area contributed by atoms with Gasteiger partial charge in [-0.05, 0) is 84.3 Å². The molecule has 4 aliphatic carbocycles. The van der Waals surface area contributed by atoms with E-state index in [0.717, 1.165) is 32.1 Å². The first kappa shape index (κ1) is 22.4. The van der Waals surface area contributed by atoms with Crippen LogP contribution in [0.25, 0.3) is 5.57 Å². The zero-order chi connectivity index (χ0) is 23.2. The number of carboxylic acids is 1. The highest BCUT2D eigenvalue weighted by Gasteiger charge is 2.57. The van der Waals surface area contributed by atoms with E-state index in [1.165, 1.54) is 29.6 Å². The Morgan fingerprint density at radius 2 is 1.91 bits per heavy atom. The summed E-state index contributed by atoms with van der Waals surface area (Å²) in [4.78, 5) is 27.2. The first-order valence-electron chi connectivity index (χ1n) is 12.5. The molecule has 5 heteroatoms. The van der Waals surface area contributed by atoms with Gasteiger partial charge in [-0.25, -0.2) is 0 Å². The summed E-state index contributed by atoms with van der Waals surface area (Å²) in [6.07, 6.45) is 16.0. The Bertz CT molecular complexity index is 998. The molecule has 5 rings (SSSR count). The highest BCUT2D eigenvalue weighted by molar-refractivity contribution is 5.76. The molecule has 1 aromatic heterocycles. The molecule has 0 bridgehead atoms. The van der Waals surface area contributed by atoms with Crippen LogP contribution in [-0.2, 0) is 14.3 Å². The van der Waals surface area contributed by atoms with Crippen molar-refractivity contribution in [3.05, 3.63) is 47.8 Å². The fourth-order valence-corrected chi connectivity index (χ4v) is 7.72. The predicted molar refractivity (Wildman–Crippen MR) is 126 cm³/mol. The molecule has 0 spiro atoms. The van der Waals surface area contributed by atoms with Gasteiger partial charge in [0.25, 0.3) is 0 Å². The largest absolute Gasteiger partial charge is 0.481 e. The van der Waals surface area contributed by atoms with Crippen molar-refractivity contribution in [3.63, 3.8) is 0 Å². The summed E-state index contributed by atoms with van der Waals surface area (Å²) in [5.74, 6) is 0.710. The van der Waals surface area contributed by atoms with Crippen molar-refractivity contribution in [2.45, 2.75) is 77.7 Å². The van der Waals surface area contributed by atoms with Gasteiger partial charge in [0, 0.05) is 18.8 Å². The molecule has 5 nitrogen and oxygen atoms in total. The van der Waals surface area contributed by atoms with Crippen LogP contribution >= 0.6 is 0 Å². The molecule has 0 radical (unpaired) electrons. The van der Waals surface area contributed by atoms with E-state index in [4.69, 9.17) is 9.84 Å². The number of allylic oxidation sites excluding steroid dienone is 3. The number of rotatable bonds is 5. The molecule has 33 heavy (non-hydrogen) atoms. The third kappa shape index (κ3) is 3.83. The number of aromatic nitrogens is 1. The number of ether oxygens (including phenoxy) is 1. The summed E-state index contributed by atoms with van der Waals surface area (Å²) < 4.78 is 5.66. The zero-order valence-electron chi connectivity index (χ0n) is 19.8. The van der Waals surface area contributed by atoms with Gasteiger partial charge < -0.3 is 9.84 Å². The minimum absolute atomic E-state index is 0.0423. The van der Waals surface area contributed by atoms with Crippen LogP contribution in [0.4, 0.5) is 0 Å². The maximum atomic E-state index is 12.1. The van der Waals surface area contributed by atoms with E-state index in [1.54, 1.807) is 0 Å². The van der Waals surface area contributed by atoms with Crippen LogP contribution in [-0.4, -0.2) is 28.1 Å². The van der Waals surface area contributed by atoms with Gasteiger partial charge in [0.1, 0.15) is 6.10 Å². The molecular weight excluding hydrogens is 414 g/mol. The normalized spacial score (nSPS) is 37.2. The number of esters is 1. The highest BCUT2D eigenvalue weighted by atomic mass is 16.5. The monoisotopic (exact) mass is 449 g/mol. The molecule has 176 valence electrons. The average molecular weight is 450 g/mol. The SMILES string of the molecule is C[C@]12CC[C@H](OC(=O)CCC(=O)O)CC1=CCC1C2CC[C@]2(C)C(c3cccnc3)=CC[C@@H]12. The molecule has 0 saturated heterocycles. The Morgan fingerprint density at radius 3 is 2.67 bits per heavy atom. The molecule has 6 atom stereocenters. The Balaban J connectivity index is 1.30. The molecule has 4 aliphatic rings. The van der Waals surface area contributed by atoms with Gasteiger partial charge in [0.2, 0.25) is 0 Å². The third-order valence-electron chi connectivity index (χ3n) is 9.45. The lowest BCUT2D eigenvalue weighted by molar-refractivity contribution is -0.154. The number of carbonyl (C=O) groups excluding carboxylic acids is 1. The van der Waals surface area contributed by atoms with Crippen molar-refractivity contribution in [1.82, 2.24) is 4.98 Å². The Morgan fingerprint density at radius 1 is 1.09 bits per heavy atom. The highest BCUT2D eigenvalue weighted by Crippen LogP contribution is 2.66. The van der Waals surface area contributed by atoms with Gasteiger partial charge in [-0.1, -0.05) is 37.6 Å². The van der Waals surface area contributed by atoms with Crippen LogP contribution < -0.4 is 0 Å². The minimum Gasteiger partial charge on any atom is -0.481 e. The molecule has 1 N–H and O–H groups in total. The van der Waals surface area contributed by atoms with Gasteiger partial charge in [-0.15, -0.1) is 0 Å². The van der Waals surface area contributed by atoms with E-state index in [-0.39, 0.29) is 35.7 Å². The van der Waals surface area contributed by atoms with Gasteiger partial charge >= 0.3 is 11.9 Å². The molecule has 0 aromatic carbocycles. The number of carboxylic acid groups (broad SMARTS) is 1. The van der Waals surface area contributed by atoms with Gasteiger partial charge in [0.05, 0.1) is 12.8 Å². The summed E-state index contributed by atoms with van der Waals surface area (Å²) in [6.45, 7) is 4.93. The van der Waals surface area contributed by atoms with Crippen molar-refractivity contribution >= 4 is 17.5 Å². The van der Waals surface area contributed by atoms with Crippen LogP contribution in [0.5, 0.6) is 0 Å². The van der Waals surface area contributed by atoms with E-state index in [2.05, 4.69) is 37.0 Å². The number of pyridine rings is 1. The van der Waals surface area contributed by atoms with Gasteiger partial charge in [0.15, 0.2) is 0 Å². The Kier molecular flexibility index (Phi) is 5.70. The number of carbonyl (C=O) groups is 2. The summed E-state index contributed by atoms with van der Waals surface area (Å²) in [7, 11) is 0. The molecule has 0 aliphatic heterocycles. The average Bonchev–Trinajstić information content (AvgIpc) is 3.16. The molecule has 1 heterocycles. The number of fused-ring (bicyclic) bond motifs is 5. The van der Waals surface area contributed by atoms with E-state index >= 15 is 0 Å². The van der Waals surface area contributed by atoms with Crippen LogP contribution in [0.1, 0.15) is 77.2 Å². The molecule has 2 unspecified atom stereocenters. The molecule has 2 saturated carbocycles. The van der Waals surface area contributed by atoms with E-state index in [9.17, 15) is 9.59 Å². The van der Waals surface area contributed by atoms with Crippen molar-refractivity contribution < 1.29 is 19.4 Å². The zero-order valence-corrected chi connectivity index (χ0v) is 19.8. The van der Waals surface area contributed by atoms with E-state index in [0.29, 0.717) is 17.8 Å². The molecule has 0 amide bonds.